The minimum Gasteiger partial charge on any atom is -0.397 e. The fourth-order valence-electron chi connectivity index (χ4n) is 3.11. The number of likely N-dealkylation sites (N-methyl/N-ethyl adjacent to an activating group) is 2. The van der Waals surface area contributed by atoms with Gasteiger partial charge in [-0.1, -0.05) is 12.1 Å². The Kier molecular flexibility index (Phi) is 3.59. The largest absolute Gasteiger partial charge is 0.397 e. The summed E-state index contributed by atoms with van der Waals surface area (Å²) in [5.74, 6) is 0.0332. The second-order valence-corrected chi connectivity index (χ2v) is 5.97. The van der Waals surface area contributed by atoms with E-state index in [9.17, 15) is 4.79 Å². The van der Waals surface area contributed by atoms with Crippen molar-refractivity contribution in [1.29, 1.82) is 0 Å². The van der Waals surface area contributed by atoms with Gasteiger partial charge >= 0.3 is 0 Å². The smallest absolute Gasteiger partial charge is 0.270 e. The van der Waals surface area contributed by atoms with Gasteiger partial charge in [0.25, 0.3) is 5.91 Å². The SMILES string of the molecule is CN1CCCC(N(C)C(=O)c2cc3cccc(N)c3[nH]2)C1. The van der Waals surface area contributed by atoms with Gasteiger partial charge in [0.15, 0.2) is 0 Å². The molecule has 1 aromatic carbocycles. The molecule has 3 N–H and O–H groups in total. The number of H-pyrrole nitrogens is 1. The second kappa shape index (κ2) is 5.41. The first-order chi connectivity index (χ1) is 10.1. The number of para-hydroxylation sites is 1. The molecule has 21 heavy (non-hydrogen) atoms. The summed E-state index contributed by atoms with van der Waals surface area (Å²) in [7, 11) is 4.00. The number of amides is 1. The molecule has 1 fully saturated rings. The van der Waals surface area contributed by atoms with Crippen LogP contribution in [0.3, 0.4) is 0 Å². The van der Waals surface area contributed by atoms with Gasteiger partial charge in [-0.25, -0.2) is 0 Å². The number of likely N-dealkylation sites (tertiary alicyclic amines) is 1. The summed E-state index contributed by atoms with van der Waals surface area (Å²) in [5, 5.41) is 0.979. The fraction of sp³-hybridized carbons (Fsp3) is 0.438. The van der Waals surface area contributed by atoms with Gasteiger partial charge in [-0.05, 0) is 38.6 Å². The number of piperidine rings is 1. The summed E-state index contributed by atoms with van der Waals surface area (Å²) in [6.45, 7) is 2.05. The van der Waals surface area contributed by atoms with Crippen molar-refractivity contribution < 1.29 is 4.79 Å². The molecule has 112 valence electrons. The average Bonchev–Trinajstić information content (AvgIpc) is 2.91. The molecule has 1 aliphatic heterocycles. The lowest BCUT2D eigenvalue weighted by molar-refractivity contribution is 0.0639. The Hall–Kier alpha value is -2.01. The Labute approximate surface area is 124 Å². The van der Waals surface area contributed by atoms with Crippen LogP contribution < -0.4 is 5.73 Å². The molecule has 1 atom stereocenters. The summed E-state index contributed by atoms with van der Waals surface area (Å²) < 4.78 is 0. The Bertz CT molecular complexity index is 663. The number of aromatic amines is 1. The van der Waals surface area contributed by atoms with E-state index in [1.54, 1.807) is 0 Å². The Morgan fingerprint density at radius 1 is 1.48 bits per heavy atom. The number of nitrogens with zero attached hydrogens (tertiary/aromatic N) is 2. The molecule has 1 amide bonds. The average molecular weight is 286 g/mol. The molecule has 1 unspecified atom stereocenters. The summed E-state index contributed by atoms with van der Waals surface area (Å²) in [4.78, 5) is 20.0. The van der Waals surface area contributed by atoms with Crippen LogP contribution >= 0.6 is 0 Å². The lowest BCUT2D eigenvalue weighted by Crippen LogP contribution is -2.47. The van der Waals surface area contributed by atoms with Gasteiger partial charge in [-0.2, -0.15) is 0 Å². The fourth-order valence-corrected chi connectivity index (χ4v) is 3.11. The predicted molar refractivity (Wildman–Crippen MR) is 85.3 cm³/mol. The molecule has 1 aromatic heterocycles. The number of nitrogen functional groups attached to an aromatic ring is 1. The van der Waals surface area contributed by atoms with E-state index < -0.39 is 0 Å². The van der Waals surface area contributed by atoms with E-state index in [1.165, 1.54) is 0 Å². The van der Waals surface area contributed by atoms with Crippen LogP contribution in [-0.4, -0.2) is 53.9 Å². The van der Waals surface area contributed by atoms with Gasteiger partial charge in [0.05, 0.1) is 11.2 Å². The number of benzene rings is 1. The van der Waals surface area contributed by atoms with E-state index in [0.717, 1.165) is 36.8 Å². The third-order valence-corrected chi connectivity index (χ3v) is 4.39. The molecular weight excluding hydrogens is 264 g/mol. The number of anilines is 1. The zero-order chi connectivity index (χ0) is 15.0. The third kappa shape index (κ3) is 2.61. The van der Waals surface area contributed by atoms with Crippen LogP contribution in [0.1, 0.15) is 23.3 Å². The third-order valence-electron chi connectivity index (χ3n) is 4.39. The summed E-state index contributed by atoms with van der Waals surface area (Å²) in [6, 6.07) is 7.87. The quantitative estimate of drug-likeness (QED) is 0.829. The number of hydrogen-bond donors (Lipinski definition) is 2. The summed E-state index contributed by atoms with van der Waals surface area (Å²) in [6.07, 6.45) is 2.20. The van der Waals surface area contributed by atoms with Gasteiger partial charge in [0.1, 0.15) is 5.69 Å². The van der Waals surface area contributed by atoms with Crippen LogP contribution in [-0.2, 0) is 0 Å². The van der Waals surface area contributed by atoms with Gasteiger partial charge in [-0.3, -0.25) is 4.79 Å². The molecule has 1 aliphatic rings. The molecule has 0 bridgehead atoms. The summed E-state index contributed by atoms with van der Waals surface area (Å²) >= 11 is 0. The maximum Gasteiger partial charge on any atom is 0.270 e. The van der Waals surface area contributed by atoms with Gasteiger partial charge < -0.3 is 20.5 Å². The predicted octanol–water partition coefficient (Wildman–Crippen LogP) is 1.92. The summed E-state index contributed by atoms with van der Waals surface area (Å²) in [5.41, 5.74) is 8.07. The van der Waals surface area contributed by atoms with E-state index in [2.05, 4.69) is 16.9 Å². The molecule has 5 nitrogen and oxygen atoms in total. The van der Waals surface area contributed by atoms with E-state index in [4.69, 9.17) is 5.73 Å². The van der Waals surface area contributed by atoms with Crippen molar-refractivity contribution in [2.75, 3.05) is 32.9 Å². The van der Waals surface area contributed by atoms with E-state index >= 15 is 0 Å². The highest BCUT2D eigenvalue weighted by Gasteiger charge is 2.26. The Morgan fingerprint density at radius 2 is 2.29 bits per heavy atom. The molecule has 5 heteroatoms. The molecular formula is C16H22N4O. The number of carbonyl (C=O) groups is 1. The number of hydrogen-bond acceptors (Lipinski definition) is 3. The molecule has 3 rings (SSSR count). The van der Waals surface area contributed by atoms with E-state index in [-0.39, 0.29) is 11.9 Å². The highest BCUT2D eigenvalue weighted by Crippen LogP contribution is 2.23. The van der Waals surface area contributed by atoms with Crippen molar-refractivity contribution in [3.63, 3.8) is 0 Å². The maximum atomic E-state index is 12.7. The first-order valence-electron chi connectivity index (χ1n) is 7.39. The van der Waals surface area contributed by atoms with Crippen molar-refractivity contribution in [2.24, 2.45) is 0 Å². The number of rotatable bonds is 2. The van der Waals surface area contributed by atoms with Crippen LogP contribution in [0, 0.1) is 0 Å². The Morgan fingerprint density at radius 3 is 3.00 bits per heavy atom. The molecule has 2 heterocycles. The first kappa shape index (κ1) is 13.9. The standard InChI is InChI=1S/C16H22N4O/c1-19-8-4-6-12(10-19)20(2)16(21)14-9-11-5-3-7-13(17)15(11)18-14/h3,5,7,9,12,18H,4,6,8,10,17H2,1-2H3. The monoisotopic (exact) mass is 286 g/mol. The minimum atomic E-state index is 0.0332. The van der Waals surface area contributed by atoms with Gasteiger partial charge in [-0.15, -0.1) is 0 Å². The zero-order valence-electron chi connectivity index (χ0n) is 12.6. The molecule has 0 radical (unpaired) electrons. The van der Waals surface area contributed by atoms with Crippen LogP contribution in [0.25, 0.3) is 10.9 Å². The molecule has 0 aliphatic carbocycles. The van der Waals surface area contributed by atoms with Crippen LogP contribution in [0.5, 0.6) is 0 Å². The van der Waals surface area contributed by atoms with Crippen molar-refractivity contribution in [3.8, 4) is 0 Å². The van der Waals surface area contributed by atoms with Crippen LogP contribution in [0.15, 0.2) is 24.3 Å². The molecule has 0 spiro atoms. The lowest BCUT2D eigenvalue weighted by atomic mass is 10.0. The molecule has 1 saturated heterocycles. The first-order valence-corrected chi connectivity index (χ1v) is 7.39. The van der Waals surface area contributed by atoms with Crippen molar-refractivity contribution >= 4 is 22.5 Å². The maximum absolute atomic E-state index is 12.7. The molecule has 2 aromatic rings. The normalized spacial score (nSPS) is 19.8. The number of aromatic nitrogens is 1. The number of fused-ring (bicyclic) bond motifs is 1. The highest BCUT2D eigenvalue weighted by atomic mass is 16.2. The van der Waals surface area contributed by atoms with Crippen LogP contribution in [0.4, 0.5) is 5.69 Å². The molecule has 0 saturated carbocycles. The van der Waals surface area contributed by atoms with E-state index in [0.29, 0.717) is 11.4 Å². The van der Waals surface area contributed by atoms with Crippen molar-refractivity contribution in [3.05, 3.63) is 30.0 Å². The lowest BCUT2D eigenvalue weighted by Gasteiger charge is -2.35. The number of carbonyl (C=O) groups excluding carboxylic acids is 1. The van der Waals surface area contributed by atoms with E-state index in [1.807, 2.05) is 36.2 Å². The van der Waals surface area contributed by atoms with Crippen LogP contribution in [0.2, 0.25) is 0 Å². The van der Waals surface area contributed by atoms with Crippen molar-refractivity contribution in [1.82, 2.24) is 14.8 Å². The number of nitrogens with two attached hydrogens (primary N) is 1. The second-order valence-electron chi connectivity index (χ2n) is 5.97. The topological polar surface area (TPSA) is 65.4 Å². The van der Waals surface area contributed by atoms with Gasteiger partial charge in [0, 0.05) is 25.0 Å². The van der Waals surface area contributed by atoms with Crippen molar-refractivity contribution in [2.45, 2.75) is 18.9 Å². The number of nitrogens with one attached hydrogen (secondary N) is 1. The highest BCUT2D eigenvalue weighted by molar-refractivity contribution is 6.00. The minimum absolute atomic E-state index is 0.0332. The zero-order valence-corrected chi connectivity index (χ0v) is 12.6. The Balaban J connectivity index is 1.84. The van der Waals surface area contributed by atoms with Gasteiger partial charge in [0.2, 0.25) is 0 Å².